The molecule has 1 unspecified atom stereocenters. The number of carbonyl (C=O) groups excluding carboxylic acids is 1. The van der Waals surface area contributed by atoms with Crippen molar-refractivity contribution >= 4 is 27.5 Å². The van der Waals surface area contributed by atoms with Crippen molar-refractivity contribution < 1.29 is 9.53 Å². The Morgan fingerprint density at radius 1 is 1.15 bits per heavy atom. The smallest absolute Gasteiger partial charge is 0.246 e. The number of rotatable bonds is 14. The molecule has 0 aliphatic carbocycles. The molecule has 27 heavy (non-hydrogen) atoms. The molecule has 0 aliphatic rings. The molecule has 0 fully saturated rings. The summed E-state index contributed by atoms with van der Waals surface area (Å²) in [5, 5.41) is 6.69. The van der Waals surface area contributed by atoms with Crippen LogP contribution in [0.1, 0.15) is 54.4 Å². The molecule has 0 aliphatic heterocycles. The van der Waals surface area contributed by atoms with Crippen LogP contribution in [0.15, 0.2) is 12.3 Å². The molecule has 0 bridgehead atoms. The summed E-state index contributed by atoms with van der Waals surface area (Å²) in [5.41, 5.74) is 1.09. The Kier molecular flexibility index (Phi) is 15.7. The van der Waals surface area contributed by atoms with Crippen LogP contribution in [0.2, 0.25) is 0 Å². The van der Waals surface area contributed by atoms with Crippen LogP contribution >= 0.6 is 21.6 Å². The number of ether oxygens (including phenoxy) is 1. The maximum absolute atomic E-state index is 11.6. The Hall–Kier alpha value is -0.770. The molecule has 6 heteroatoms. The molecule has 1 amide bonds. The molecule has 0 aromatic carbocycles. The van der Waals surface area contributed by atoms with Crippen LogP contribution in [0.3, 0.4) is 0 Å². The Morgan fingerprint density at radius 3 is 2.44 bits per heavy atom. The summed E-state index contributed by atoms with van der Waals surface area (Å²) in [6.07, 6.45) is 2.05. The van der Waals surface area contributed by atoms with Crippen molar-refractivity contribution in [2.45, 2.75) is 59.6 Å². The van der Waals surface area contributed by atoms with E-state index >= 15 is 0 Å². The minimum atomic E-state index is -0.102. The molecule has 4 nitrogen and oxygen atoms in total. The van der Waals surface area contributed by atoms with Crippen LogP contribution in [0.25, 0.3) is 0 Å². The molecule has 0 aromatic heterocycles. The molecule has 0 saturated heterocycles. The third kappa shape index (κ3) is 15.9. The molecule has 0 rings (SSSR count). The Morgan fingerprint density at radius 2 is 1.85 bits per heavy atom. The first-order valence-corrected chi connectivity index (χ1v) is 12.2. The van der Waals surface area contributed by atoms with Gasteiger partial charge in [-0.1, -0.05) is 81.6 Å². The standard InChI is InChI=1S/C21H38N2O2S2/c1-16(2)10-8-12-22-21(24)14-25-13-9-11-20(18(5)6)27-26-15-23-19(7)17(3)4/h16-18,20,23H,7,9,11-15H2,1-6H3,(H,22,24). The normalized spacial score (nSPS) is 12.0. The van der Waals surface area contributed by atoms with Gasteiger partial charge in [-0.05, 0) is 24.7 Å². The summed E-state index contributed by atoms with van der Waals surface area (Å²) in [5.74, 6) is 8.12. The SMILES string of the molecule is C=C(NCSSC(CCCOCC(=O)NCC#CC(C)C)C(C)C)C(C)C. The fourth-order valence-corrected chi connectivity index (χ4v) is 4.77. The monoisotopic (exact) mass is 414 g/mol. The Bertz CT molecular complexity index is 482. The van der Waals surface area contributed by atoms with Crippen LogP contribution in [-0.2, 0) is 9.53 Å². The fraction of sp³-hybridized carbons (Fsp3) is 0.762. The highest BCUT2D eigenvalue weighted by Gasteiger charge is 2.14. The quantitative estimate of drug-likeness (QED) is 0.187. The first kappa shape index (κ1) is 26.2. The summed E-state index contributed by atoms with van der Waals surface area (Å²) in [4.78, 5) is 11.6. The largest absolute Gasteiger partial charge is 0.379 e. The zero-order chi connectivity index (χ0) is 20.7. The van der Waals surface area contributed by atoms with Crippen molar-refractivity contribution in [3.05, 3.63) is 12.3 Å². The second kappa shape index (κ2) is 16.2. The van der Waals surface area contributed by atoms with Crippen molar-refractivity contribution in [3.63, 3.8) is 0 Å². The van der Waals surface area contributed by atoms with Gasteiger partial charge >= 0.3 is 0 Å². The van der Waals surface area contributed by atoms with E-state index in [9.17, 15) is 4.79 Å². The summed E-state index contributed by atoms with van der Waals surface area (Å²) in [7, 11) is 3.77. The fourth-order valence-electron chi connectivity index (χ4n) is 1.94. The lowest BCUT2D eigenvalue weighted by molar-refractivity contribution is -0.125. The lowest BCUT2D eigenvalue weighted by atomic mass is 10.1. The van der Waals surface area contributed by atoms with E-state index < -0.39 is 0 Å². The number of nitrogens with one attached hydrogen (secondary N) is 2. The van der Waals surface area contributed by atoms with E-state index in [-0.39, 0.29) is 12.5 Å². The average Bonchev–Trinajstić information content (AvgIpc) is 2.59. The van der Waals surface area contributed by atoms with Crippen molar-refractivity contribution in [3.8, 4) is 11.8 Å². The lowest BCUT2D eigenvalue weighted by Gasteiger charge is -2.20. The van der Waals surface area contributed by atoms with E-state index in [1.165, 1.54) is 0 Å². The number of hydrogen-bond acceptors (Lipinski definition) is 5. The zero-order valence-electron chi connectivity index (χ0n) is 17.9. The van der Waals surface area contributed by atoms with Gasteiger partial charge in [0.2, 0.25) is 5.91 Å². The number of carbonyl (C=O) groups is 1. The van der Waals surface area contributed by atoms with Gasteiger partial charge in [0.25, 0.3) is 0 Å². The Labute approximate surface area is 174 Å². The van der Waals surface area contributed by atoms with Crippen LogP contribution in [0.4, 0.5) is 0 Å². The van der Waals surface area contributed by atoms with Crippen molar-refractivity contribution in [2.24, 2.45) is 17.8 Å². The first-order valence-electron chi connectivity index (χ1n) is 9.77. The van der Waals surface area contributed by atoms with Gasteiger partial charge in [-0.2, -0.15) is 0 Å². The van der Waals surface area contributed by atoms with Gasteiger partial charge in [-0.3, -0.25) is 4.79 Å². The first-order chi connectivity index (χ1) is 12.7. The van der Waals surface area contributed by atoms with E-state index in [1.54, 1.807) is 0 Å². The topological polar surface area (TPSA) is 50.4 Å². The lowest BCUT2D eigenvalue weighted by Crippen LogP contribution is -2.28. The summed E-state index contributed by atoms with van der Waals surface area (Å²) >= 11 is 0. The van der Waals surface area contributed by atoms with Crippen molar-refractivity contribution in [1.29, 1.82) is 0 Å². The highest BCUT2D eigenvalue weighted by Crippen LogP contribution is 2.33. The molecule has 0 aromatic rings. The predicted molar refractivity (Wildman–Crippen MR) is 121 cm³/mol. The van der Waals surface area contributed by atoms with Crippen molar-refractivity contribution in [2.75, 3.05) is 25.6 Å². The summed E-state index contributed by atoms with van der Waals surface area (Å²) < 4.78 is 5.49. The molecular formula is C21H38N2O2S2. The maximum atomic E-state index is 11.6. The third-order valence-corrected chi connectivity index (χ3v) is 6.69. The maximum Gasteiger partial charge on any atom is 0.246 e. The molecule has 0 radical (unpaired) electrons. The second-order valence-electron chi connectivity index (χ2n) is 7.44. The molecule has 0 heterocycles. The average molecular weight is 415 g/mol. The van der Waals surface area contributed by atoms with Crippen LogP contribution in [-0.4, -0.2) is 36.8 Å². The van der Waals surface area contributed by atoms with Gasteiger partial charge in [0.05, 0.1) is 12.4 Å². The molecule has 0 saturated carbocycles. The number of amides is 1. The van der Waals surface area contributed by atoms with Gasteiger partial charge in [0.1, 0.15) is 6.61 Å². The van der Waals surface area contributed by atoms with Crippen LogP contribution < -0.4 is 10.6 Å². The molecule has 2 N–H and O–H groups in total. The minimum Gasteiger partial charge on any atom is -0.379 e. The highest BCUT2D eigenvalue weighted by molar-refractivity contribution is 8.76. The van der Waals surface area contributed by atoms with Gasteiger partial charge in [-0.15, -0.1) is 0 Å². The van der Waals surface area contributed by atoms with E-state index in [2.05, 4.69) is 56.7 Å². The summed E-state index contributed by atoms with van der Waals surface area (Å²) in [6, 6.07) is 0. The molecule has 0 spiro atoms. The Balaban J connectivity index is 3.83. The van der Waals surface area contributed by atoms with Crippen LogP contribution in [0.5, 0.6) is 0 Å². The molecule has 156 valence electrons. The third-order valence-electron chi connectivity index (χ3n) is 3.77. The van der Waals surface area contributed by atoms with Gasteiger partial charge in [0.15, 0.2) is 0 Å². The van der Waals surface area contributed by atoms with Gasteiger partial charge in [0, 0.05) is 23.5 Å². The summed E-state index contributed by atoms with van der Waals surface area (Å²) in [6.45, 7) is 18.0. The van der Waals surface area contributed by atoms with Crippen LogP contribution in [0, 0.1) is 29.6 Å². The zero-order valence-corrected chi connectivity index (χ0v) is 19.5. The van der Waals surface area contributed by atoms with Gasteiger partial charge in [-0.25, -0.2) is 0 Å². The second-order valence-corrected chi connectivity index (χ2v) is 10.1. The minimum absolute atomic E-state index is 0.102. The van der Waals surface area contributed by atoms with E-state index in [0.29, 0.717) is 36.2 Å². The predicted octanol–water partition coefficient (Wildman–Crippen LogP) is 4.68. The van der Waals surface area contributed by atoms with E-state index in [0.717, 1.165) is 24.4 Å². The highest BCUT2D eigenvalue weighted by atomic mass is 33.1. The van der Waals surface area contributed by atoms with Crippen molar-refractivity contribution in [1.82, 2.24) is 10.6 Å². The van der Waals surface area contributed by atoms with Gasteiger partial charge < -0.3 is 15.4 Å². The van der Waals surface area contributed by atoms with E-state index in [4.69, 9.17) is 4.74 Å². The molecule has 1 atom stereocenters. The molecular weight excluding hydrogens is 376 g/mol. The van der Waals surface area contributed by atoms with E-state index in [1.807, 2.05) is 35.4 Å². The number of allylic oxidation sites excluding steroid dienone is 1. The number of hydrogen-bond donors (Lipinski definition) is 2.